The van der Waals surface area contributed by atoms with Gasteiger partial charge in [0.25, 0.3) is 0 Å². The molecule has 2 aromatic heterocycles. The lowest BCUT2D eigenvalue weighted by molar-refractivity contribution is 0.103. The number of ketones is 1. The second-order valence-corrected chi connectivity index (χ2v) is 3.78. The molecule has 0 saturated carbocycles. The van der Waals surface area contributed by atoms with Crippen LogP contribution in [0.4, 0.5) is 0 Å². The van der Waals surface area contributed by atoms with Crippen molar-refractivity contribution in [3.05, 3.63) is 52.3 Å². The van der Waals surface area contributed by atoms with E-state index in [0.717, 1.165) is 0 Å². The van der Waals surface area contributed by atoms with E-state index in [1.54, 1.807) is 0 Å². The molecule has 0 fully saturated rings. The molecule has 0 bridgehead atoms. The normalized spacial score (nSPS) is 10.1. The number of halogens is 2. The molecule has 0 aliphatic rings. The Bertz CT molecular complexity index is 531. The second-order valence-electron chi connectivity index (χ2n) is 2.94. The van der Waals surface area contributed by atoms with Gasteiger partial charge in [-0.1, -0.05) is 23.2 Å². The third-order valence-corrected chi connectivity index (χ3v) is 2.34. The molecule has 0 atom stereocenters. The molecule has 0 aliphatic heterocycles. The summed E-state index contributed by atoms with van der Waals surface area (Å²) in [5.74, 6) is -0.331. The van der Waals surface area contributed by atoms with Crippen LogP contribution in [0.15, 0.2) is 31.0 Å². The number of nitrogens with zero attached hydrogens (tertiary/aromatic N) is 3. The van der Waals surface area contributed by atoms with Gasteiger partial charge in [0.2, 0.25) is 5.78 Å². The van der Waals surface area contributed by atoms with E-state index in [4.69, 9.17) is 23.2 Å². The molecule has 0 unspecified atom stereocenters. The maximum Gasteiger partial charge on any atom is 0.215 e. The van der Waals surface area contributed by atoms with Gasteiger partial charge < -0.3 is 0 Å². The fourth-order valence-electron chi connectivity index (χ4n) is 1.13. The zero-order valence-electron chi connectivity index (χ0n) is 7.89. The molecule has 0 N–H and O–H groups in total. The minimum Gasteiger partial charge on any atom is -0.287 e. The fourth-order valence-corrected chi connectivity index (χ4v) is 1.60. The highest BCUT2D eigenvalue weighted by molar-refractivity contribution is 6.37. The monoisotopic (exact) mass is 253 g/mol. The third kappa shape index (κ3) is 2.18. The maximum absolute atomic E-state index is 11.9. The zero-order chi connectivity index (χ0) is 11.5. The van der Waals surface area contributed by atoms with Crippen LogP contribution < -0.4 is 0 Å². The molecular formula is C10H5Cl2N3O. The Morgan fingerprint density at radius 3 is 2.44 bits per heavy atom. The first-order valence-electron chi connectivity index (χ1n) is 4.29. The van der Waals surface area contributed by atoms with Gasteiger partial charge in [0.15, 0.2) is 0 Å². The highest BCUT2D eigenvalue weighted by Gasteiger charge is 2.15. The summed E-state index contributed by atoms with van der Waals surface area (Å²) in [7, 11) is 0. The summed E-state index contributed by atoms with van der Waals surface area (Å²) < 4.78 is 0. The van der Waals surface area contributed by atoms with Gasteiger partial charge in [0, 0.05) is 18.6 Å². The molecule has 2 aromatic rings. The number of aromatic nitrogens is 3. The van der Waals surface area contributed by atoms with Gasteiger partial charge in [0.05, 0.1) is 15.6 Å². The molecule has 0 aromatic carbocycles. The van der Waals surface area contributed by atoms with Gasteiger partial charge in [0.1, 0.15) is 12.0 Å². The van der Waals surface area contributed by atoms with E-state index < -0.39 is 0 Å². The van der Waals surface area contributed by atoms with Crippen molar-refractivity contribution in [1.82, 2.24) is 15.0 Å². The lowest BCUT2D eigenvalue weighted by Crippen LogP contribution is -2.05. The maximum atomic E-state index is 11.9. The van der Waals surface area contributed by atoms with Gasteiger partial charge in [-0.3, -0.25) is 4.79 Å². The van der Waals surface area contributed by atoms with E-state index >= 15 is 0 Å². The summed E-state index contributed by atoms with van der Waals surface area (Å²) in [6.45, 7) is 0. The molecule has 2 rings (SSSR count). The van der Waals surface area contributed by atoms with E-state index in [2.05, 4.69) is 15.0 Å². The topological polar surface area (TPSA) is 55.7 Å². The van der Waals surface area contributed by atoms with E-state index in [1.165, 1.54) is 31.0 Å². The first kappa shape index (κ1) is 11.0. The molecule has 80 valence electrons. The first-order chi connectivity index (χ1) is 7.68. The molecular weight excluding hydrogens is 249 g/mol. The van der Waals surface area contributed by atoms with E-state index in [1.807, 2.05) is 0 Å². The Morgan fingerprint density at radius 2 is 1.81 bits per heavy atom. The number of pyridine rings is 1. The average Bonchev–Trinajstić information content (AvgIpc) is 2.29. The van der Waals surface area contributed by atoms with Crippen LogP contribution in [0.5, 0.6) is 0 Å². The van der Waals surface area contributed by atoms with Crippen molar-refractivity contribution < 1.29 is 4.79 Å². The van der Waals surface area contributed by atoms with Gasteiger partial charge >= 0.3 is 0 Å². The zero-order valence-corrected chi connectivity index (χ0v) is 9.40. The van der Waals surface area contributed by atoms with Crippen LogP contribution in [0.1, 0.15) is 16.1 Å². The molecule has 16 heavy (non-hydrogen) atoms. The smallest absolute Gasteiger partial charge is 0.215 e. The molecule has 2 heterocycles. The molecule has 0 amide bonds. The van der Waals surface area contributed by atoms with Crippen molar-refractivity contribution in [3.8, 4) is 0 Å². The standard InChI is InChI=1S/C10H5Cl2N3O/c11-7-1-8(12)9(15-4-7)10(16)6-2-13-5-14-3-6/h1-5H. The van der Waals surface area contributed by atoms with Gasteiger partial charge in [-0.2, -0.15) is 0 Å². The third-order valence-electron chi connectivity index (χ3n) is 1.85. The summed E-state index contributed by atoms with van der Waals surface area (Å²) in [4.78, 5) is 23.3. The van der Waals surface area contributed by atoms with Crippen LogP contribution in [0.3, 0.4) is 0 Å². The summed E-state index contributed by atoms with van der Waals surface area (Å²) in [6.07, 6.45) is 5.52. The summed E-state index contributed by atoms with van der Waals surface area (Å²) >= 11 is 11.6. The molecule has 4 nitrogen and oxygen atoms in total. The Hall–Kier alpha value is -1.52. The van der Waals surface area contributed by atoms with Crippen LogP contribution in [0.25, 0.3) is 0 Å². The van der Waals surface area contributed by atoms with Crippen molar-refractivity contribution in [2.45, 2.75) is 0 Å². The summed E-state index contributed by atoms with van der Waals surface area (Å²) in [5.41, 5.74) is 0.472. The Morgan fingerprint density at radius 1 is 1.12 bits per heavy atom. The molecule has 0 saturated heterocycles. The van der Waals surface area contributed by atoms with Crippen LogP contribution in [-0.2, 0) is 0 Å². The number of carbonyl (C=O) groups is 1. The van der Waals surface area contributed by atoms with E-state index in [0.29, 0.717) is 10.6 Å². The predicted octanol–water partition coefficient (Wildman–Crippen LogP) is 2.41. The summed E-state index contributed by atoms with van der Waals surface area (Å²) in [6, 6.07) is 1.47. The van der Waals surface area contributed by atoms with E-state index in [-0.39, 0.29) is 16.5 Å². The van der Waals surface area contributed by atoms with Crippen LogP contribution >= 0.6 is 23.2 Å². The molecule has 6 heteroatoms. The largest absolute Gasteiger partial charge is 0.287 e. The Kier molecular flexibility index (Phi) is 3.12. The van der Waals surface area contributed by atoms with Crippen LogP contribution in [0.2, 0.25) is 10.0 Å². The SMILES string of the molecule is O=C(c1cncnc1)c1ncc(Cl)cc1Cl. The molecule has 0 aliphatic carbocycles. The lowest BCUT2D eigenvalue weighted by atomic mass is 10.1. The fraction of sp³-hybridized carbons (Fsp3) is 0. The highest BCUT2D eigenvalue weighted by atomic mass is 35.5. The van der Waals surface area contributed by atoms with E-state index in [9.17, 15) is 4.79 Å². The van der Waals surface area contributed by atoms with Crippen molar-refractivity contribution in [2.75, 3.05) is 0 Å². The number of hydrogen-bond acceptors (Lipinski definition) is 4. The first-order valence-corrected chi connectivity index (χ1v) is 5.05. The minimum atomic E-state index is -0.331. The van der Waals surface area contributed by atoms with Crippen molar-refractivity contribution in [3.63, 3.8) is 0 Å². The van der Waals surface area contributed by atoms with Gasteiger partial charge in [-0.15, -0.1) is 0 Å². The van der Waals surface area contributed by atoms with Gasteiger partial charge in [-0.25, -0.2) is 15.0 Å². The minimum absolute atomic E-state index is 0.140. The molecule has 0 radical (unpaired) electrons. The van der Waals surface area contributed by atoms with Crippen LogP contribution in [0, 0.1) is 0 Å². The quantitative estimate of drug-likeness (QED) is 0.772. The molecule has 0 spiro atoms. The number of rotatable bonds is 2. The summed E-state index contributed by atoms with van der Waals surface area (Å²) in [5, 5.41) is 0.590. The van der Waals surface area contributed by atoms with Crippen molar-refractivity contribution >= 4 is 29.0 Å². The van der Waals surface area contributed by atoms with Crippen molar-refractivity contribution in [1.29, 1.82) is 0 Å². The highest BCUT2D eigenvalue weighted by Crippen LogP contribution is 2.20. The predicted molar refractivity (Wildman–Crippen MR) is 59.7 cm³/mol. The number of hydrogen-bond donors (Lipinski definition) is 0. The van der Waals surface area contributed by atoms with Crippen molar-refractivity contribution in [2.24, 2.45) is 0 Å². The lowest BCUT2D eigenvalue weighted by Gasteiger charge is -2.01. The van der Waals surface area contributed by atoms with Crippen LogP contribution in [-0.4, -0.2) is 20.7 Å². The van der Waals surface area contributed by atoms with Gasteiger partial charge in [-0.05, 0) is 6.07 Å². The number of carbonyl (C=O) groups excluding carboxylic acids is 1. The Balaban J connectivity index is 2.42. The average molecular weight is 254 g/mol. The second kappa shape index (κ2) is 4.55. The Labute approximate surface area is 101 Å².